The highest BCUT2D eigenvalue weighted by Crippen LogP contribution is 2.31. The van der Waals surface area contributed by atoms with E-state index in [1.165, 1.54) is 0 Å². The van der Waals surface area contributed by atoms with Gasteiger partial charge in [-0.25, -0.2) is 0 Å². The van der Waals surface area contributed by atoms with E-state index in [-0.39, 0.29) is 18.2 Å². The molecule has 0 radical (unpaired) electrons. The standard InChI is InChI=1S/C19H24O4/c20-19(23-14-16-4-2-1-3-5-16)17-9-6-15(7-10-17)8-11-18-21-12-13-22-18/h1-5,8,11,15,17-18H,6-7,9-10,12-14H2/b11-8+. The van der Waals surface area contributed by atoms with Crippen molar-refractivity contribution in [3.63, 3.8) is 0 Å². The van der Waals surface area contributed by atoms with Crippen molar-refractivity contribution in [2.45, 2.75) is 38.6 Å². The lowest BCUT2D eigenvalue weighted by molar-refractivity contribution is -0.151. The molecule has 124 valence electrons. The fourth-order valence-electron chi connectivity index (χ4n) is 3.13. The van der Waals surface area contributed by atoms with Crippen LogP contribution in [0.4, 0.5) is 0 Å². The van der Waals surface area contributed by atoms with Crippen molar-refractivity contribution >= 4 is 5.97 Å². The zero-order valence-corrected chi connectivity index (χ0v) is 13.4. The Bertz CT molecular complexity index is 511. The van der Waals surface area contributed by atoms with Gasteiger partial charge in [0.1, 0.15) is 6.61 Å². The van der Waals surface area contributed by atoms with E-state index in [1.54, 1.807) is 0 Å². The molecule has 3 rings (SSSR count). The Balaban J connectivity index is 1.38. The second-order valence-electron chi connectivity index (χ2n) is 6.20. The van der Waals surface area contributed by atoms with Gasteiger partial charge < -0.3 is 14.2 Å². The minimum atomic E-state index is -0.177. The molecule has 2 fully saturated rings. The quantitative estimate of drug-likeness (QED) is 0.616. The summed E-state index contributed by atoms with van der Waals surface area (Å²) in [6.07, 6.45) is 7.85. The van der Waals surface area contributed by atoms with E-state index < -0.39 is 0 Å². The third-order valence-corrected chi connectivity index (χ3v) is 4.52. The van der Waals surface area contributed by atoms with Gasteiger partial charge in [-0.05, 0) is 43.2 Å². The van der Waals surface area contributed by atoms with Crippen LogP contribution in [0.5, 0.6) is 0 Å². The van der Waals surface area contributed by atoms with Gasteiger partial charge in [0.15, 0.2) is 6.29 Å². The molecule has 0 spiro atoms. The monoisotopic (exact) mass is 316 g/mol. The van der Waals surface area contributed by atoms with E-state index in [0.29, 0.717) is 25.7 Å². The van der Waals surface area contributed by atoms with E-state index in [0.717, 1.165) is 31.2 Å². The first kappa shape index (κ1) is 16.2. The Morgan fingerprint density at radius 2 is 1.74 bits per heavy atom. The number of hydrogen-bond acceptors (Lipinski definition) is 4. The van der Waals surface area contributed by atoms with Crippen molar-refractivity contribution in [3.05, 3.63) is 48.0 Å². The zero-order valence-electron chi connectivity index (χ0n) is 13.4. The first-order chi connectivity index (χ1) is 11.3. The second-order valence-corrected chi connectivity index (χ2v) is 6.20. The van der Waals surface area contributed by atoms with Crippen LogP contribution in [0, 0.1) is 11.8 Å². The Hall–Kier alpha value is -1.65. The van der Waals surface area contributed by atoms with Crippen LogP contribution in [0.3, 0.4) is 0 Å². The first-order valence-electron chi connectivity index (χ1n) is 8.43. The fourth-order valence-corrected chi connectivity index (χ4v) is 3.13. The molecule has 1 saturated carbocycles. The summed E-state index contributed by atoms with van der Waals surface area (Å²) in [6, 6.07) is 9.82. The average molecular weight is 316 g/mol. The normalized spacial score (nSPS) is 25.7. The minimum absolute atomic E-state index is 0.0438. The third-order valence-electron chi connectivity index (χ3n) is 4.52. The van der Waals surface area contributed by atoms with Crippen LogP contribution in [0.15, 0.2) is 42.5 Å². The molecule has 23 heavy (non-hydrogen) atoms. The van der Waals surface area contributed by atoms with Crippen molar-refractivity contribution in [2.24, 2.45) is 11.8 Å². The van der Waals surface area contributed by atoms with E-state index in [4.69, 9.17) is 14.2 Å². The molecule has 2 aliphatic rings. The zero-order chi connectivity index (χ0) is 15.9. The van der Waals surface area contributed by atoms with E-state index in [2.05, 4.69) is 6.08 Å². The summed E-state index contributed by atoms with van der Waals surface area (Å²) in [5.74, 6) is 0.502. The Kier molecular flexibility index (Phi) is 5.83. The molecule has 1 aromatic carbocycles. The number of esters is 1. The highest BCUT2D eigenvalue weighted by molar-refractivity contribution is 5.72. The first-order valence-corrected chi connectivity index (χ1v) is 8.43. The predicted octanol–water partition coefficient (Wildman–Crippen LogP) is 3.47. The number of hydrogen-bond donors (Lipinski definition) is 0. The molecule has 0 bridgehead atoms. The van der Waals surface area contributed by atoms with Crippen LogP contribution in [-0.4, -0.2) is 25.5 Å². The molecule has 4 heteroatoms. The molecule has 0 unspecified atom stereocenters. The topological polar surface area (TPSA) is 44.8 Å². The summed E-state index contributed by atoms with van der Waals surface area (Å²) < 4.78 is 16.2. The molecule has 1 aliphatic carbocycles. The van der Waals surface area contributed by atoms with Crippen LogP contribution in [0.2, 0.25) is 0 Å². The largest absolute Gasteiger partial charge is 0.461 e. The van der Waals surface area contributed by atoms with Crippen LogP contribution in [0.25, 0.3) is 0 Å². The molecule has 0 amide bonds. The van der Waals surface area contributed by atoms with Crippen molar-refractivity contribution in [3.8, 4) is 0 Å². The van der Waals surface area contributed by atoms with Crippen molar-refractivity contribution in [2.75, 3.05) is 13.2 Å². The van der Waals surface area contributed by atoms with E-state index >= 15 is 0 Å². The van der Waals surface area contributed by atoms with Gasteiger partial charge in [0.2, 0.25) is 0 Å². The molecular formula is C19H24O4. The average Bonchev–Trinajstić information content (AvgIpc) is 3.13. The molecule has 0 N–H and O–H groups in total. The molecule has 0 atom stereocenters. The van der Waals surface area contributed by atoms with Gasteiger partial charge in [0.05, 0.1) is 19.1 Å². The number of allylic oxidation sites excluding steroid dienone is 1. The summed E-state index contributed by atoms with van der Waals surface area (Å²) >= 11 is 0. The van der Waals surface area contributed by atoms with Gasteiger partial charge in [-0.2, -0.15) is 0 Å². The van der Waals surface area contributed by atoms with Crippen LogP contribution < -0.4 is 0 Å². The lowest BCUT2D eigenvalue weighted by Gasteiger charge is -2.25. The molecule has 0 aromatic heterocycles. The van der Waals surface area contributed by atoms with Gasteiger partial charge in [0, 0.05) is 0 Å². The summed E-state index contributed by atoms with van der Waals surface area (Å²) in [5.41, 5.74) is 1.04. The maximum Gasteiger partial charge on any atom is 0.309 e. The predicted molar refractivity (Wildman–Crippen MR) is 86.5 cm³/mol. The summed E-state index contributed by atoms with van der Waals surface area (Å²) in [4.78, 5) is 12.2. The van der Waals surface area contributed by atoms with Gasteiger partial charge in [-0.1, -0.05) is 36.4 Å². The highest BCUT2D eigenvalue weighted by Gasteiger charge is 2.26. The number of carbonyl (C=O) groups excluding carboxylic acids is 1. The Morgan fingerprint density at radius 3 is 2.43 bits per heavy atom. The number of benzene rings is 1. The van der Waals surface area contributed by atoms with Crippen LogP contribution in [0.1, 0.15) is 31.2 Å². The van der Waals surface area contributed by atoms with E-state index in [9.17, 15) is 4.79 Å². The van der Waals surface area contributed by atoms with Crippen molar-refractivity contribution in [1.82, 2.24) is 0 Å². The Labute approximate surface area is 137 Å². The third kappa shape index (κ3) is 4.91. The minimum Gasteiger partial charge on any atom is -0.461 e. The molecule has 1 aromatic rings. The smallest absolute Gasteiger partial charge is 0.309 e. The fraction of sp³-hybridized carbons (Fsp3) is 0.526. The van der Waals surface area contributed by atoms with Gasteiger partial charge in [-0.15, -0.1) is 0 Å². The summed E-state index contributed by atoms with van der Waals surface area (Å²) in [7, 11) is 0. The number of carbonyl (C=O) groups is 1. The highest BCUT2D eigenvalue weighted by atomic mass is 16.7. The maximum absolute atomic E-state index is 12.2. The van der Waals surface area contributed by atoms with Gasteiger partial charge in [-0.3, -0.25) is 4.79 Å². The maximum atomic E-state index is 12.2. The molecule has 1 heterocycles. The number of rotatable bonds is 5. The lowest BCUT2D eigenvalue weighted by Crippen LogP contribution is -2.23. The molecule has 1 saturated heterocycles. The Morgan fingerprint density at radius 1 is 1.04 bits per heavy atom. The lowest BCUT2D eigenvalue weighted by atomic mass is 9.82. The summed E-state index contributed by atoms with van der Waals surface area (Å²) in [5, 5.41) is 0. The second kappa shape index (κ2) is 8.27. The molecular weight excluding hydrogens is 292 g/mol. The summed E-state index contributed by atoms with van der Waals surface area (Å²) in [6.45, 7) is 1.72. The SMILES string of the molecule is O=C(OCc1ccccc1)C1CCC(/C=C/C2OCCO2)CC1. The van der Waals surface area contributed by atoms with Gasteiger partial charge in [0.25, 0.3) is 0 Å². The van der Waals surface area contributed by atoms with Crippen LogP contribution >= 0.6 is 0 Å². The van der Waals surface area contributed by atoms with Gasteiger partial charge >= 0.3 is 5.97 Å². The van der Waals surface area contributed by atoms with Crippen molar-refractivity contribution < 1.29 is 19.0 Å². The van der Waals surface area contributed by atoms with E-state index in [1.807, 2.05) is 36.4 Å². The van der Waals surface area contributed by atoms with Crippen LogP contribution in [-0.2, 0) is 25.6 Å². The van der Waals surface area contributed by atoms with Crippen molar-refractivity contribution in [1.29, 1.82) is 0 Å². The molecule has 1 aliphatic heterocycles. The number of ether oxygens (including phenoxy) is 3. The molecule has 4 nitrogen and oxygen atoms in total.